The maximum atomic E-state index is 12.8. The number of benzene rings is 2. The lowest BCUT2D eigenvalue weighted by Crippen LogP contribution is -2.48. The van der Waals surface area contributed by atoms with Crippen LogP contribution in [-0.4, -0.2) is 53.7 Å². The van der Waals surface area contributed by atoms with Gasteiger partial charge in [-0.3, -0.25) is 9.59 Å². The summed E-state index contributed by atoms with van der Waals surface area (Å²) in [5, 5.41) is 11.5. The smallest absolute Gasteiger partial charge is 0.407 e. The number of rotatable bonds is 10. The van der Waals surface area contributed by atoms with Crippen LogP contribution in [0.5, 0.6) is 0 Å². The molecule has 2 aromatic carbocycles. The number of hydrogen-bond donors (Lipinski definition) is 2. The molecule has 0 fully saturated rings. The van der Waals surface area contributed by atoms with E-state index in [1.165, 1.54) is 0 Å². The number of carbonyl (C=O) groups excluding carboxylic acids is 2. The molecule has 0 radical (unpaired) electrons. The summed E-state index contributed by atoms with van der Waals surface area (Å²) < 4.78 is 5.55. The molecule has 0 saturated heterocycles. The normalized spacial score (nSPS) is 13.1. The maximum absolute atomic E-state index is 12.8. The second-order valence-corrected chi connectivity index (χ2v) is 7.85. The molecule has 2 amide bonds. The molecular weight excluding hydrogens is 408 g/mol. The molecule has 1 atom stereocenters. The minimum absolute atomic E-state index is 0.000376. The van der Waals surface area contributed by atoms with Gasteiger partial charge >= 0.3 is 12.1 Å². The topological polar surface area (TPSA) is 95.9 Å². The molecule has 0 spiro atoms. The molecule has 7 nitrogen and oxygen atoms in total. The van der Waals surface area contributed by atoms with Crippen LogP contribution in [-0.2, 0) is 14.3 Å². The Labute approximate surface area is 188 Å². The minimum atomic E-state index is -0.891. The summed E-state index contributed by atoms with van der Waals surface area (Å²) in [5.41, 5.74) is 4.55. The highest BCUT2D eigenvalue weighted by Crippen LogP contribution is 2.44. The van der Waals surface area contributed by atoms with E-state index >= 15 is 0 Å². The first kappa shape index (κ1) is 23.3. The summed E-state index contributed by atoms with van der Waals surface area (Å²) in [7, 11) is 0. The molecule has 0 bridgehead atoms. The number of carboxylic acid groups (broad SMARTS) is 1. The third-order valence-electron chi connectivity index (χ3n) is 5.85. The Morgan fingerprint density at radius 3 is 2.16 bits per heavy atom. The maximum Gasteiger partial charge on any atom is 0.407 e. The van der Waals surface area contributed by atoms with E-state index in [4.69, 9.17) is 9.84 Å². The number of alkyl carbamates (subject to hydrolysis) is 1. The van der Waals surface area contributed by atoms with Crippen molar-refractivity contribution in [1.82, 2.24) is 10.2 Å². The second-order valence-electron chi connectivity index (χ2n) is 7.85. The predicted molar refractivity (Wildman–Crippen MR) is 121 cm³/mol. The Hall–Kier alpha value is -3.35. The van der Waals surface area contributed by atoms with E-state index in [9.17, 15) is 14.4 Å². The average molecular weight is 439 g/mol. The Morgan fingerprint density at radius 1 is 1.03 bits per heavy atom. The largest absolute Gasteiger partial charge is 0.481 e. The number of carbonyl (C=O) groups is 3. The molecule has 0 aliphatic heterocycles. The van der Waals surface area contributed by atoms with Crippen LogP contribution in [0.2, 0.25) is 0 Å². The van der Waals surface area contributed by atoms with Crippen molar-refractivity contribution < 1.29 is 24.2 Å². The summed E-state index contributed by atoms with van der Waals surface area (Å²) in [6.07, 6.45) is 0.156. The van der Waals surface area contributed by atoms with Crippen molar-refractivity contribution in [2.75, 3.05) is 19.7 Å². The van der Waals surface area contributed by atoms with Gasteiger partial charge in [-0.2, -0.15) is 0 Å². The van der Waals surface area contributed by atoms with E-state index in [-0.39, 0.29) is 24.9 Å². The van der Waals surface area contributed by atoms with E-state index in [1.54, 1.807) is 4.90 Å². The van der Waals surface area contributed by atoms with Gasteiger partial charge in [-0.05, 0) is 42.0 Å². The summed E-state index contributed by atoms with van der Waals surface area (Å²) >= 11 is 0. The van der Waals surface area contributed by atoms with Gasteiger partial charge in [0, 0.05) is 25.4 Å². The molecule has 0 heterocycles. The van der Waals surface area contributed by atoms with Gasteiger partial charge in [0.05, 0.1) is 0 Å². The second kappa shape index (κ2) is 10.8. The van der Waals surface area contributed by atoms with Crippen LogP contribution in [0.1, 0.15) is 50.2 Å². The lowest BCUT2D eigenvalue weighted by Gasteiger charge is -2.26. The molecule has 1 aliphatic carbocycles. The predicted octanol–water partition coefficient (Wildman–Crippen LogP) is 4.02. The van der Waals surface area contributed by atoms with Crippen LogP contribution < -0.4 is 5.32 Å². The van der Waals surface area contributed by atoms with Crippen LogP contribution in [0.4, 0.5) is 4.79 Å². The molecule has 2 N–H and O–H groups in total. The third-order valence-corrected chi connectivity index (χ3v) is 5.85. The van der Waals surface area contributed by atoms with Gasteiger partial charge in [0.2, 0.25) is 5.91 Å². The number of fused-ring (bicyclic) bond motifs is 3. The van der Waals surface area contributed by atoms with Gasteiger partial charge < -0.3 is 20.1 Å². The van der Waals surface area contributed by atoms with Crippen LogP contribution >= 0.6 is 0 Å². The van der Waals surface area contributed by atoms with Crippen molar-refractivity contribution >= 4 is 18.0 Å². The number of hydrogen-bond acceptors (Lipinski definition) is 4. The summed E-state index contributed by atoms with van der Waals surface area (Å²) in [4.78, 5) is 37.6. The molecule has 170 valence electrons. The lowest BCUT2D eigenvalue weighted by atomic mass is 9.98. The Bertz CT molecular complexity index is 929. The highest BCUT2D eigenvalue weighted by Gasteiger charge is 2.30. The van der Waals surface area contributed by atoms with Crippen molar-refractivity contribution in [3.63, 3.8) is 0 Å². The van der Waals surface area contributed by atoms with Crippen molar-refractivity contribution in [3.8, 4) is 11.1 Å². The Morgan fingerprint density at radius 2 is 1.62 bits per heavy atom. The summed E-state index contributed by atoms with van der Waals surface area (Å²) in [5.74, 6) is -1.17. The van der Waals surface area contributed by atoms with Gasteiger partial charge in [0.15, 0.2) is 0 Å². The van der Waals surface area contributed by atoms with Gasteiger partial charge in [-0.25, -0.2) is 4.79 Å². The van der Waals surface area contributed by atoms with E-state index in [0.29, 0.717) is 25.9 Å². The van der Waals surface area contributed by atoms with Crippen LogP contribution in [0.25, 0.3) is 11.1 Å². The number of amides is 2. The van der Waals surface area contributed by atoms with E-state index in [1.807, 2.05) is 38.1 Å². The van der Waals surface area contributed by atoms with Crippen molar-refractivity contribution in [2.45, 2.75) is 45.1 Å². The van der Waals surface area contributed by atoms with Gasteiger partial charge in [0.25, 0.3) is 0 Å². The monoisotopic (exact) mass is 438 g/mol. The average Bonchev–Trinajstić information content (AvgIpc) is 3.12. The standard InChI is InChI=1S/C25H30N2O5/c1-3-22(24(30)27(4-2)15-9-14-23(28)29)26-25(31)32-16-21-19-12-7-5-10-17(19)18-11-6-8-13-20(18)21/h5-8,10-13,21-22H,3-4,9,14-16H2,1-2H3,(H,26,31)(H,28,29). The van der Waals surface area contributed by atoms with Gasteiger partial charge in [-0.1, -0.05) is 55.5 Å². The molecule has 1 aliphatic rings. The zero-order chi connectivity index (χ0) is 23.1. The van der Waals surface area contributed by atoms with Crippen LogP contribution in [0.15, 0.2) is 48.5 Å². The van der Waals surface area contributed by atoms with E-state index < -0.39 is 18.1 Å². The number of aliphatic carboxylic acids is 1. The first-order chi connectivity index (χ1) is 15.5. The van der Waals surface area contributed by atoms with Crippen LogP contribution in [0.3, 0.4) is 0 Å². The van der Waals surface area contributed by atoms with Gasteiger partial charge in [-0.15, -0.1) is 0 Å². The van der Waals surface area contributed by atoms with Crippen LogP contribution in [0, 0.1) is 0 Å². The molecule has 7 heteroatoms. The summed E-state index contributed by atoms with van der Waals surface area (Å²) in [6, 6.07) is 15.5. The van der Waals surface area contributed by atoms with E-state index in [0.717, 1.165) is 22.3 Å². The van der Waals surface area contributed by atoms with Gasteiger partial charge in [0.1, 0.15) is 12.6 Å². The number of ether oxygens (including phenoxy) is 1. The molecule has 2 aromatic rings. The minimum Gasteiger partial charge on any atom is -0.481 e. The molecular formula is C25H30N2O5. The highest BCUT2D eigenvalue weighted by molar-refractivity contribution is 5.86. The lowest BCUT2D eigenvalue weighted by molar-refractivity contribution is -0.138. The molecule has 0 saturated carbocycles. The molecule has 0 aromatic heterocycles. The first-order valence-corrected chi connectivity index (χ1v) is 11.1. The quantitative estimate of drug-likeness (QED) is 0.584. The first-order valence-electron chi connectivity index (χ1n) is 11.1. The van der Waals surface area contributed by atoms with Crippen molar-refractivity contribution in [1.29, 1.82) is 0 Å². The zero-order valence-electron chi connectivity index (χ0n) is 18.5. The summed E-state index contributed by atoms with van der Waals surface area (Å²) in [6.45, 7) is 4.61. The fraction of sp³-hybridized carbons (Fsp3) is 0.400. The number of nitrogens with one attached hydrogen (secondary N) is 1. The van der Waals surface area contributed by atoms with Crippen molar-refractivity contribution in [3.05, 3.63) is 59.7 Å². The Balaban J connectivity index is 1.60. The highest BCUT2D eigenvalue weighted by atomic mass is 16.5. The zero-order valence-corrected chi connectivity index (χ0v) is 18.5. The third kappa shape index (κ3) is 5.28. The Kier molecular flexibility index (Phi) is 7.87. The SMILES string of the molecule is CCC(NC(=O)OCC1c2ccccc2-c2ccccc21)C(=O)N(CC)CCCC(=O)O. The fourth-order valence-corrected chi connectivity index (χ4v) is 4.19. The molecule has 32 heavy (non-hydrogen) atoms. The fourth-order valence-electron chi connectivity index (χ4n) is 4.19. The number of likely N-dealkylation sites (N-methyl/N-ethyl adjacent to an activating group) is 1. The number of carboxylic acids is 1. The van der Waals surface area contributed by atoms with E-state index in [2.05, 4.69) is 29.6 Å². The number of nitrogens with zero attached hydrogens (tertiary/aromatic N) is 1. The molecule has 1 unspecified atom stereocenters. The van der Waals surface area contributed by atoms with Crippen molar-refractivity contribution in [2.24, 2.45) is 0 Å². The molecule has 3 rings (SSSR count).